The van der Waals surface area contributed by atoms with Crippen LogP contribution in [0.4, 0.5) is 4.39 Å². The van der Waals surface area contributed by atoms with Crippen molar-refractivity contribution in [2.24, 2.45) is 0 Å². The van der Waals surface area contributed by atoms with E-state index in [4.69, 9.17) is 5.11 Å². The Labute approximate surface area is 153 Å². The molecule has 8 heteroatoms. The van der Waals surface area contributed by atoms with E-state index >= 15 is 0 Å². The lowest BCUT2D eigenvalue weighted by atomic mass is 10.0. The quantitative estimate of drug-likeness (QED) is 0.735. The zero-order chi connectivity index (χ0) is 19.0. The van der Waals surface area contributed by atoms with Gasteiger partial charge in [0.25, 0.3) is 5.91 Å². The van der Waals surface area contributed by atoms with Gasteiger partial charge in [0, 0.05) is 19.2 Å². The first-order chi connectivity index (χ1) is 13.1. The summed E-state index contributed by atoms with van der Waals surface area (Å²) in [7, 11) is 0. The van der Waals surface area contributed by atoms with E-state index in [0.29, 0.717) is 29.1 Å². The lowest BCUT2D eigenvalue weighted by molar-refractivity contribution is 0.0965. The summed E-state index contributed by atoms with van der Waals surface area (Å²) >= 11 is 0. The number of nitrogens with one attached hydrogen (secondary N) is 1. The molecule has 1 aliphatic heterocycles. The van der Waals surface area contributed by atoms with E-state index in [9.17, 15) is 14.4 Å². The molecule has 0 unspecified atom stereocenters. The Kier molecular flexibility index (Phi) is 4.14. The van der Waals surface area contributed by atoms with Crippen molar-refractivity contribution in [3.8, 4) is 23.0 Å². The van der Waals surface area contributed by atoms with Gasteiger partial charge in [-0.3, -0.25) is 4.79 Å². The number of nitriles is 1. The van der Waals surface area contributed by atoms with Crippen LogP contribution in [0.1, 0.15) is 27.3 Å². The molecule has 134 valence electrons. The van der Waals surface area contributed by atoms with Crippen LogP contribution >= 0.6 is 0 Å². The molecule has 1 aromatic carbocycles. The van der Waals surface area contributed by atoms with E-state index in [2.05, 4.69) is 15.4 Å². The van der Waals surface area contributed by atoms with Crippen LogP contribution in [-0.4, -0.2) is 32.4 Å². The fraction of sp³-hybridized carbons (Fsp3) is 0.158. The third-order valence-corrected chi connectivity index (χ3v) is 4.37. The molecular weight excluding hydrogens is 349 g/mol. The molecule has 0 saturated heterocycles. The molecule has 0 bridgehead atoms. The van der Waals surface area contributed by atoms with Crippen molar-refractivity contribution in [2.45, 2.75) is 13.0 Å². The fourth-order valence-electron chi connectivity index (χ4n) is 3.14. The molecule has 0 aliphatic carbocycles. The second-order valence-electron chi connectivity index (χ2n) is 6.03. The number of carbonyl (C=O) groups is 1. The number of fused-ring (bicyclic) bond motifs is 1. The minimum absolute atomic E-state index is 0.0437. The molecule has 0 saturated carbocycles. The Balaban J connectivity index is 1.95. The lowest BCUT2D eigenvalue weighted by Gasteiger charge is -2.11. The summed E-state index contributed by atoms with van der Waals surface area (Å²) in [6.07, 6.45) is 2.05. The van der Waals surface area contributed by atoms with Crippen molar-refractivity contribution in [3.05, 3.63) is 64.9 Å². The van der Waals surface area contributed by atoms with E-state index in [1.807, 2.05) is 6.07 Å². The minimum Gasteiger partial charge on any atom is -0.396 e. The van der Waals surface area contributed by atoms with Gasteiger partial charge >= 0.3 is 0 Å². The van der Waals surface area contributed by atoms with Crippen molar-refractivity contribution in [3.63, 3.8) is 0 Å². The first-order valence-electron chi connectivity index (χ1n) is 8.29. The number of nitrogens with zero attached hydrogens (tertiary/aromatic N) is 4. The van der Waals surface area contributed by atoms with Crippen LogP contribution in [0, 0.1) is 17.1 Å². The Morgan fingerprint density at radius 3 is 2.96 bits per heavy atom. The van der Waals surface area contributed by atoms with Crippen LogP contribution in [0.25, 0.3) is 16.9 Å². The number of rotatable bonds is 4. The maximum absolute atomic E-state index is 14.5. The second kappa shape index (κ2) is 6.63. The molecule has 4 rings (SSSR count). The van der Waals surface area contributed by atoms with Gasteiger partial charge in [-0.15, -0.1) is 0 Å². The molecule has 3 aromatic rings. The van der Waals surface area contributed by atoms with Crippen LogP contribution in [-0.2, 0) is 13.0 Å². The van der Waals surface area contributed by atoms with Crippen molar-refractivity contribution >= 4 is 5.91 Å². The van der Waals surface area contributed by atoms with Gasteiger partial charge in [-0.1, -0.05) is 6.07 Å². The van der Waals surface area contributed by atoms with E-state index in [-0.39, 0.29) is 35.9 Å². The highest BCUT2D eigenvalue weighted by Crippen LogP contribution is 2.31. The highest BCUT2D eigenvalue weighted by Gasteiger charge is 2.27. The number of benzene rings is 1. The molecule has 27 heavy (non-hydrogen) atoms. The Bertz CT molecular complexity index is 1100. The molecule has 2 aromatic heterocycles. The zero-order valence-corrected chi connectivity index (χ0v) is 14.1. The maximum Gasteiger partial charge on any atom is 0.255 e. The lowest BCUT2D eigenvalue weighted by Crippen LogP contribution is -2.14. The van der Waals surface area contributed by atoms with Crippen LogP contribution in [0.2, 0.25) is 0 Å². The van der Waals surface area contributed by atoms with Gasteiger partial charge in [-0.25, -0.2) is 14.1 Å². The van der Waals surface area contributed by atoms with Gasteiger partial charge in [-0.2, -0.15) is 10.4 Å². The first kappa shape index (κ1) is 16.9. The predicted molar refractivity (Wildman–Crippen MR) is 93.4 cm³/mol. The van der Waals surface area contributed by atoms with Gasteiger partial charge < -0.3 is 10.4 Å². The Morgan fingerprint density at radius 2 is 2.19 bits per heavy atom. The highest BCUT2D eigenvalue weighted by molar-refractivity contribution is 6.01. The Hall–Kier alpha value is -3.57. The molecule has 1 amide bonds. The number of halogens is 1. The summed E-state index contributed by atoms with van der Waals surface area (Å²) in [4.78, 5) is 16.7. The summed E-state index contributed by atoms with van der Waals surface area (Å²) in [6, 6.07) is 9.51. The number of carbonyl (C=O) groups excluding carboxylic acids is 1. The Morgan fingerprint density at radius 1 is 1.33 bits per heavy atom. The minimum atomic E-state index is -0.564. The average Bonchev–Trinajstić information content (AvgIpc) is 3.28. The third-order valence-electron chi connectivity index (χ3n) is 4.37. The molecule has 3 heterocycles. The van der Waals surface area contributed by atoms with E-state index in [1.54, 1.807) is 18.3 Å². The van der Waals surface area contributed by atoms with Crippen molar-refractivity contribution in [2.75, 3.05) is 6.61 Å². The number of hydrogen-bond donors (Lipinski definition) is 2. The summed E-state index contributed by atoms with van der Waals surface area (Å²) in [5.74, 6) is -0.849. The number of aliphatic hydroxyl groups excluding tert-OH is 1. The van der Waals surface area contributed by atoms with Crippen LogP contribution in [0.15, 0.2) is 36.5 Å². The van der Waals surface area contributed by atoms with E-state index in [0.717, 1.165) is 0 Å². The van der Waals surface area contributed by atoms with Gasteiger partial charge in [-0.05, 0) is 24.3 Å². The maximum atomic E-state index is 14.5. The van der Waals surface area contributed by atoms with E-state index < -0.39 is 5.82 Å². The van der Waals surface area contributed by atoms with Gasteiger partial charge in [0.05, 0.1) is 52.1 Å². The normalized spacial score (nSPS) is 12.6. The SMILES string of the molecule is N#Cc1cccc(F)c1-c1cc(-n2ccc(CCO)n2)c2c(n1)CNC2=O. The number of amides is 1. The molecule has 0 fully saturated rings. The standard InChI is InChI=1S/C19H14FN5O2/c20-13-3-1-2-11(9-21)17(13)14-8-16(18-15(23-14)10-22-19(18)27)25-6-4-12(24-25)5-7-26/h1-4,6,8,26H,5,7,10H2,(H,22,27). The summed E-state index contributed by atoms with van der Waals surface area (Å²) in [5.41, 5.74) is 2.45. The summed E-state index contributed by atoms with van der Waals surface area (Å²) < 4.78 is 16.0. The average molecular weight is 363 g/mol. The first-order valence-corrected chi connectivity index (χ1v) is 8.29. The number of aliphatic hydroxyl groups is 1. The number of hydrogen-bond acceptors (Lipinski definition) is 5. The molecule has 0 radical (unpaired) electrons. The van der Waals surface area contributed by atoms with Crippen molar-refractivity contribution in [1.29, 1.82) is 5.26 Å². The van der Waals surface area contributed by atoms with E-state index in [1.165, 1.54) is 22.9 Å². The predicted octanol–water partition coefficient (Wildman–Crippen LogP) is 1.72. The zero-order valence-electron chi connectivity index (χ0n) is 14.1. The van der Waals surface area contributed by atoms with Crippen molar-refractivity contribution < 1.29 is 14.3 Å². The second-order valence-corrected chi connectivity index (χ2v) is 6.03. The highest BCUT2D eigenvalue weighted by atomic mass is 19.1. The molecule has 7 nitrogen and oxygen atoms in total. The molecule has 0 atom stereocenters. The number of pyridine rings is 1. The molecule has 2 N–H and O–H groups in total. The van der Waals surface area contributed by atoms with Gasteiger partial charge in [0.1, 0.15) is 5.82 Å². The van der Waals surface area contributed by atoms with Crippen LogP contribution in [0.3, 0.4) is 0 Å². The van der Waals surface area contributed by atoms with Crippen LogP contribution < -0.4 is 5.32 Å². The number of aromatic nitrogens is 3. The fourth-order valence-corrected chi connectivity index (χ4v) is 3.14. The monoisotopic (exact) mass is 363 g/mol. The van der Waals surface area contributed by atoms with Gasteiger partial charge in [0.2, 0.25) is 0 Å². The third kappa shape index (κ3) is 2.84. The summed E-state index contributed by atoms with van der Waals surface area (Å²) in [6.45, 7) is 0.175. The molecular formula is C19H14FN5O2. The summed E-state index contributed by atoms with van der Waals surface area (Å²) in [5, 5.41) is 25.5. The van der Waals surface area contributed by atoms with Crippen LogP contribution in [0.5, 0.6) is 0 Å². The molecule has 0 spiro atoms. The largest absolute Gasteiger partial charge is 0.396 e. The van der Waals surface area contributed by atoms with Crippen molar-refractivity contribution in [1.82, 2.24) is 20.1 Å². The van der Waals surface area contributed by atoms with Gasteiger partial charge in [0.15, 0.2) is 0 Å². The topological polar surface area (TPSA) is 104 Å². The smallest absolute Gasteiger partial charge is 0.255 e. The molecule has 1 aliphatic rings.